The van der Waals surface area contributed by atoms with Gasteiger partial charge in [0.05, 0.1) is 16.8 Å². The van der Waals surface area contributed by atoms with Crippen molar-refractivity contribution in [2.24, 2.45) is 7.05 Å². The van der Waals surface area contributed by atoms with Crippen LogP contribution in [0.4, 0.5) is 0 Å². The second-order valence-corrected chi connectivity index (χ2v) is 5.48. The molecule has 0 aliphatic heterocycles. The monoisotopic (exact) mass is 338 g/mol. The minimum atomic E-state index is -0.335. The van der Waals surface area contributed by atoms with Crippen LogP contribution >= 0.6 is 0 Å². The van der Waals surface area contributed by atoms with Gasteiger partial charge in [-0.3, -0.25) is 4.68 Å². The van der Waals surface area contributed by atoms with Gasteiger partial charge in [0.1, 0.15) is 29.8 Å². The molecule has 0 fully saturated rings. The fourth-order valence-corrected chi connectivity index (χ4v) is 2.76. The van der Waals surface area contributed by atoms with Gasteiger partial charge in [-0.1, -0.05) is 30.3 Å². The zero-order valence-electron chi connectivity index (χ0n) is 14.6. The van der Waals surface area contributed by atoms with E-state index in [1.54, 1.807) is 61.1 Å². The van der Waals surface area contributed by atoms with Crippen LogP contribution in [0, 0.1) is 59.2 Å². The van der Waals surface area contributed by atoms with Gasteiger partial charge in [-0.05, 0) is 19.4 Å². The normalized spacial score (nSPS) is 10.6. The number of hydrogen-bond donors (Lipinski definition) is 0. The van der Waals surface area contributed by atoms with Crippen LogP contribution in [0.3, 0.4) is 0 Å². The van der Waals surface area contributed by atoms with Crippen LogP contribution < -0.4 is 0 Å². The van der Waals surface area contributed by atoms with Crippen LogP contribution in [-0.2, 0) is 7.05 Å². The highest BCUT2D eigenvalue weighted by atomic mass is 15.3. The average molecular weight is 338 g/mol. The Hall–Kier alpha value is -4.13. The number of hydrogen-bond acceptors (Lipinski definition) is 5. The molecule has 0 saturated heterocycles. The molecule has 26 heavy (non-hydrogen) atoms. The highest BCUT2D eigenvalue weighted by molar-refractivity contribution is 6.06. The molecular weight excluding hydrogens is 324 g/mol. The molecule has 1 heterocycles. The molecule has 0 N–H and O–H groups in total. The number of aryl methyl sites for hydroxylation is 2. The predicted octanol–water partition coefficient (Wildman–Crippen LogP) is 3.34. The average Bonchev–Trinajstić information content (AvgIpc) is 2.91. The van der Waals surface area contributed by atoms with Crippen molar-refractivity contribution in [1.29, 1.82) is 21.0 Å². The van der Waals surface area contributed by atoms with E-state index in [4.69, 9.17) is 0 Å². The summed E-state index contributed by atoms with van der Waals surface area (Å²) in [5.74, 6) is 0. The van der Waals surface area contributed by atoms with Crippen LogP contribution in [0.1, 0.15) is 22.5 Å². The summed E-state index contributed by atoms with van der Waals surface area (Å²) < 4.78 is 1.65. The van der Waals surface area contributed by atoms with E-state index in [-0.39, 0.29) is 22.3 Å². The molecule has 6 nitrogen and oxygen atoms in total. The molecule has 0 aliphatic carbocycles. The lowest BCUT2D eigenvalue weighted by molar-refractivity contribution is 0.731. The molecule has 2 rings (SSSR count). The van der Waals surface area contributed by atoms with Gasteiger partial charge in [-0.25, -0.2) is 0 Å². The summed E-state index contributed by atoms with van der Waals surface area (Å²) in [5, 5.41) is 42.4. The van der Waals surface area contributed by atoms with Crippen molar-refractivity contribution in [3.8, 4) is 24.3 Å². The molecule has 6 heteroatoms. The summed E-state index contributed by atoms with van der Waals surface area (Å²) in [6, 6.07) is 16.4. The van der Waals surface area contributed by atoms with Crippen LogP contribution in [0.5, 0.6) is 0 Å². The maximum atomic E-state index is 9.90. The van der Waals surface area contributed by atoms with Gasteiger partial charge < -0.3 is 0 Å². The van der Waals surface area contributed by atoms with E-state index in [1.807, 2.05) is 13.0 Å². The lowest BCUT2D eigenvalue weighted by Gasteiger charge is -2.11. The van der Waals surface area contributed by atoms with Crippen LogP contribution in [0.25, 0.3) is 11.1 Å². The molecule has 0 unspecified atom stereocenters. The molecule has 0 spiro atoms. The van der Waals surface area contributed by atoms with Crippen molar-refractivity contribution in [2.45, 2.75) is 13.8 Å². The minimum absolute atomic E-state index is 0.125. The van der Waals surface area contributed by atoms with Crippen LogP contribution in [0.15, 0.2) is 41.5 Å². The van der Waals surface area contributed by atoms with Crippen molar-refractivity contribution >= 4 is 11.1 Å². The Morgan fingerprint density at radius 3 is 1.96 bits per heavy atom. The Balaban J connectivity index is 3.06. The van der Waals surface area contributed by atoms with E-state index >= 15 is 0 Å². The zero-order valence-corrected chi connectivity index (χ0v) is 14.6. The summed E-state index contributed by atoms with van der Waals surface area (Å²) in [4.78, 5) is 0. The van der Waals surface area contributed by atoms with Gasteiger partial charge >= 0.3 is 0 Å². The fraction of sp³-hybridized carbons (Fsp3) is 0.150. The van der Waals surface area contributed by atoms with E-state index in [0.717, 1.165) is 5.69 Å². The third-order valence-corrected chi connectivity index (χ3v) is 4.02. The molecule has 0 radical (unpaired) electrons. The maximum absolute atomic E-state index is 9.90. The third kappa shape index (κ3) is 3.09. The molecule has 124 valence electrons. The van der Waals surface area contributed by atoms with Crippen molar-refractivity contribution in [1.82, 2.24) is 9.78 Å². The Morgan fingerprint density at radius 2 is 1.54 bits per heavy atom. The minimum Gasteiger partial charge on any atom is -0.272 e. The van der Waals surface area contributed by atoms with Gasteiger partial charge in [0, 0.05) is 23.9 Å². The number of allylic oxidation sites excluding steroid dienone is 4. The number of nitriles is 4. The van der Waals surface area contributed by atoms with Crippen LogP contribution in [0.2, 0.25) is 0 Å². The van der Waals surface area contributed by atoms with Gasteiger partial charge in [0.25, 0.3) is 0 Å². The highest BCUT2D eigenvalue weighted by Crippen LogP contribution is 2.35. The lowest BCUT2D eigenvalue weighted by Crippen LogP contribution is -1.99. The summed E-state index contributed by atoms with van der Waals surface area (Å²) in [7, 11) is 1.76. The van der Waals surface area contributed by atoms with Crippen molar-refractivity contribution in [3.63, 3.8) is 0 Å². The lowest BCUT2D eigenvalue weighted by atomic mass is 9.87. The van der Waals surface area contributed by atoms with Gasteiger partial charge in [-0.2, -0.15) is 26.1 Å². The Labute approximate surface area is 151 Å². The first-order chi connectivity index (χ1) is 12.5. The van der Waals surface area contributed by atoms with E-state index in [1.165, 1.54) is 0 Å². The first kappa shape index (κ1) is 18.2. The molecule has 2 aromatic rings. The summed E-state index contributed by atoms with van der Waals surface area (Å²) >= 11 is 0. The molecule has 0 saturated carbocycles. The quantitative estimate of drug-likeness (QED) is 0.629. The molecule has 0 amide bonds. The second-order valence-electron chi connectivity index (χ2n) is 5.48. The molecule has 0 atom stereocenters. The molecular formula is C20H14N6. The third-order valence-electron chi connectivity index (χ3n) is 4.02. The van der Waals surface area contributed by atoms with E-state index < -0.39 is 0 Å². The summed E-state index contributed by atoms with van der Waals surface area (Å²) in [6.07, 6.45) is 0. The highest BCUT2D eigenvalue weighted by Gasteiger charge is 2.23. The van der Waals surface area contributed by atoms with Crippen molar-refractivity contribution in [2.75, 3.05) is 0 Å². The second kappa shape index (κ2) is 7.63. The first-order valence-corrected chi connectivity index (χ1v) is 7.65. The molecule has 0 bridgehead atoms. The van der Waals surface area contributed by atoms with E-state index in [9.17, 15) is 21.0 Å². The Kier molecular flexibility index (Phi) is 5.34. The molecule has 1 aromatic carbocycles. The van der Waals surface area contributed by atoms with Crippen molar-refractivity contribution < 1.29 is 0 Å². The standard InChI is InChI=1S/C20H14N6/c1-13-19(14(2)26(3)25-13)18(12-24)20(15-7-5-4-6-8-15)17(11-23)16(9-21)10-22/h4-8H,1-3H3. The van der Waals surface area contributed by atoms with E-state index in [0.29, 0.717) is 16.8 Å². The van der Waals surface area contributed by atoms with Gasteiger partial charge in [0.15, 0.2) is 0 Å². The summed E-state index contributed by atoms with van der Waals surface area (Å²) in [5.41, 5.74) is 2.55. The summed E-state index contributed by atoms with van der Waals surface area (Å²) in [6.45, 7) is 3.59. The largest absolute Gasteiger partial charge is 0.272 e. The van der Waals surface area contributed by atoms with Gasteiger partial charge in [0.2, 0.25) is 0 Å². The van der Waals surface area contributed by atoms with Crippen molar-refractivity contribution in [3.05, 3.63) is 64.0 Å². The number of rotatable bonds is 3. The predicted molar refractivity (Wildman–Crippen MR) is 95.4 cm³/mol. The Morgan fingerprint density at radius 1 is 0.923 bits per heavy atom. The Bertz CT molecular complexity index is 1070. The SMILES string of the molecule is Cc1nn(C)c(C)c1C(C#N)=C(C(C#N)=C(C#N)C#N)c1ccccc1. The number of nitrogens with zero attached hydrogens (tertiary/aromatic N) is 6. The zero-order chi connectivity index (χ0) is 19.3. The van der Waals surface area contributed by atoms with E-state index in [2.05, 4.69) is 11.2 Å². The van der Waals surface area contributed by atoms with Gasteiger partial charge in [-0.15, -0.1) is 0 Å². The topological polar surface area (TPSA) is 113 Å². The fourth-order valence-electron chi connectivity index (χ4n) is 2.76. The molecule has 1 aromatic heterocycles. The molecule has 0 aliphatic rings. The number of aromatic nitrogens is 2. The maximum Gasteiger partial charge on any atom is 0.148 e. The van der Waals surface area contributed by atoms with Crippen LogP contribution in [-0.4, -0.2) is 9.78 Å². The number of benzene rings is 1. The smallest absolute Gasteiger partial charge is 0.148 e. The first-order valence-electron chi connectivity index (χ1n) is 7.65.